The number of carboxylic acid groups (broad SMARTS) is 1. The Bertz CT molecular complexity index is 1440. The van der Waals surface area contributed by atoms with Crippen LogP contribution in [0.3, 0.4) is 0 Å². The van der Waals surface area contributed by atoms with Gasteiger partial charge < -0.3 is 20.3 Å². The number of hydrogen-bond acceptors (Lipinski definition) is 9. The Hall–Kier alpha value is -4.04. The van der Waals surface area contributed by atoms with Crippen LogP contribution in [0.2, 0.25) is 0 Å². The highest BCUT2D eigenvalue weighted by atomic mass is 19.4. The summed E-state index contributed by atoms with van der Waals surface area (Å²) in [6.45, 7) is 5.74. The summed E-state index contributed by atoms with van der Waals surface area (Å²) in [4.78, 5) is 23.5. The first-order valence-corrected chi connectivity index (χ1v) is 12.2. The molecule has 1 unspecified atom stereocenters. The third-order valence-electron chi connectivity index (χ3n) is 6.55. The number of likely N-dealkylation sites (N-methyl/N-ethyl adjacent to an activating group) is 1. The first-order chi connectivity index (χ1) is 18.5. The van der Waals surface area contributed by atoms with Crippen molar-refractivity contribution in [1.29, 1.82) is 0 Å². The summed E-state index contributed by atoms with van der Waals surface area (Å²) in [5, 5.41) is 14.9. The Labute approximate surface area is 222 Å². The molecule has 0 amide bonds. The highest BCUT2D eigenvalue weighted by molar-refractivity contribution is 5.94. The molecule has 11 nitrogen and oxygen atoms in total. The summed E-state index contributed by atoms with van der Waals surface area (Å²) >= 11 is 0. The number of carbonyl (C=O) groups is 1. The number of aromatic nitrogens is 5. The number of nitrogens with two attached hydrogens (primary N) is 1. The molecule has 1 fully saturated rings. The molecule has 4 heterocycles. The average Bonchev–Trinajstić information content (AvgIpc) is 3.62. The first-order valence-electron chi connectivity index (χ1n) is 12.2. The second-order valence-electron chi connectivity index (χ2n) is 9.32. The van der Waals surface area contributed by atoms with E-state index in [1.807, 2.05) is 24.4 Å². The molecular weight excluding hydrogens is 517 g/mol. The van der Waals surface area contributed by atoms with Crippen LogP contribution in [-0.2, 0) is 17.9 Å². The van der Waals surface area contributed by atoms with Crippen LogP contribution in [0.5, 0.6) is 0 Å². The highest BCUT2D eigenvalue weighted by Crippen LogP contribution is 2.34. The smallest absolute Gasteiger partial charge is 0.475 e. The van der Waals surface area contributed by atoms with E-state index < -0.39 is 12.1 Å². The monoisotopic (exact) mass is 546 g/mol. The van der Waals surface area contributed by atoms with Crippen LogP contribution >= 0.6 is 0 Å². The molecule has 208 valence electrons. The number of halogens is 3. The van der Waals surface area contributed by atoms with Crippen molar-refractivity contribution < 1.29 is 27.7 Å². The van der Waals surface area contributed by atoms with Gasteiger partial charge >= 0.3 is 12.1 Å². The molecule has 3 aromatic heterocycles. The van der Waals surface area contributed by atoms with Crippen LogP contribution in [0, 0.1) is 0 Å². The number of alkyl halides is 3. The lowest BCUT2D eigenvalue weighted by Crippen LogP contribution is -2.31. The molecule has 0 spiro atoms. The van der Waals surface area contributed by atoms with E-state index in [0.29, 0.717) is 24.1 Å². The maximum Gasteiger partial charge on any atom is 0.490 e. The Morgan fingerprint density at radius 3 is 2.44 bits per heavy atom. The van der Waals surface area contributed by atoms with E-state index in [-0.39, 0.29) is 5.82 Å². The number of nitrogens with zero attached hydrogens (tertiary/aromatic N) is 7. The van der Waals surface area contributed by atoms with Gasteiger partial charge in [0.25, 0.3) is 0 Å². The number of benzene rings is 1. The lowest BCUT2D eigenvalue weighted by molar-refractivity contribution is -0.192. The fourth-order valence-electron chi connectivity index (χ4n) is 4.59. The minimum Gasteiger partial charge on any atom is -0.475 e. The standard InChI is InChI=1S/C23H28N8O.C2HF3O2/c1-4-31-21-16(13-30-11-10-17(14-30)29(2)3)12-25-18(15-8-6-5-7-9-15)19(21)26-23(31)20-22(24)28-32-27-20;3-2(4,5)1(6)7/h5-9,12,17H,4,10-11,13-14H2,1-3H3,(H2,24,28);(H,6,7). The lowest BCUT2D eigenvalue weighted by Gasteiger charge is -2.21. The lowest BCUT2D eigenvalue weighted by atomic mass is 10.1. The fraction of sp³-hybridized carbons (Fsp3) is 0.400. The van der Waals surface area contributed by atoms with Crippen LogP contribution in [-0.4, -0.2) is 85.1 Å². The fourth-order valence-corrected chi connectivity index (χ4v) is 4.59. The number of imidazole rings is 1. The maximum atomic E-state index is 10.6. The number of aliphatic carboxylic acids is 1. The van der Waals surface area contributed by atoms with E-state index in [1.165, 1.54) is 6.42 Å². The maximum absolute atomic E-state index is 10.6. The zero-order valence-corrected chi connectivity index (χ0v) is 21.7. The summed E-state index contributed by atoms with van der Waals surface area (Å²) in [6, 6.07) is 10.7. The molecule has 1 aromatic carbocycles. The number of pyridine rings is 1. The number of likely N-dealkylation sites (tertiary alicyclic amines) is 1. The van der Waals surface area contributed by atoms with E-state index in [0.717, 1.165) is 47.5 Å². The predicted molar refractivity (Wildman–Crippen MR) is 137 cm³/mol. The second-order valence-corrected chi connectivity index (χ2v) is 9.32. The minimum atomic E-state index is -5.08. The van der Waals surface area contributed by atoms with E-state index in [4.69, 9.17) is 30.2 Å². The van der Waals surface area contributed by atoms with Gasteiger partial charge in [-0.15, -0.1) is 0 Å². The SMILES string of the molecule is CCn1c(-c2nonc2N)nc2c(-c3ccccc3)ncc(CN3CCC(N(C)C)C3)c21.O=C(O)C(F)(F)F. The van der Waals surface area contributed by atoms with E-state index in [2.05, 4.69) is 57.8 Å². The summed E-state index contributed by atoms with van der Waals surface area (Å²) in [7, 11) is 4.30. The largest absolute Gasteiger partial charge is 0.490 e. The van der Waals surface area contributed by atoms with Crippen LogP contribution in [0.25, 0.3) is 33.8 Å². The molecule has 14 heteroatoms. The predicted octanol–water partition coefficient (Wildman–Crippen LogP) is 3.52. The molecule has 3 N–H and O–H groups in total. The summed E-state index contributed by atoms with van der Waals surface area (Å²) in [6.07, 6.45) is -1.92. The topological polar surface area (TPSA) is 139 Å². The van der Waals surface area contributed by atoms with Crippen molar-refractivity contribution in [2.75, 3.05) is 32.9 Å². The van der Waals surface area contributed by atoms with Crippen LogP contribution in [0.1, 0.15) is 18.9 Å². The Morgan fingerprint density at radius 1 is 1.21 bits per heavy atom. The van der Waals surface area contributed by atoms with Gasteiger partial charge in [-0.05, 0) is 37.8 Å². The van der Waals surface area contributed by atoms with Gasteiger partial charge in [-0.3, -0.25) is 9.88 Å². The van der Waals surface area contributed by atoms with Gasteiger partial charge in [-0.2, -0.15) is 13.2 Å². The van der Waals surface area contributed by atoms with Crippen LogP contribution in [0.4, 0.5) is 19.0 Å². The van der Waals surface area contributed by atoms with E-state index >= 15 is 0 Å². The molecule has 1 aliphatic rings. The Morgan fingerprint density at radius 2 is 1.90 bits per heavy atom. The van der Waals surface area contributed by atoms with Gasteiger partial charge in [0.2, 0.25) is 0 Å². The molecule has 39 heavy (non-hydrogen) atoms. The zero-order chi connectivity index (χ0) is 28.3. The van der Waals surface area contributed by atoms with Gasteiger partial charge in [0.15, 0.2) is 17.3 Å². The van der Waals surface area contributed by atoms with Gasteiger partial charge in [0.1, 0.15) is 5.52 Å². The molecular formula is C25H29F3N8O3. The molecule has 0 radical (unpaired) electrons. The van der Waals surface area contributed by atoms with Crippen LogP contribution in [0.15, 0.2) is 41.2 Å². The van der Waals surface area contributed by atoms with Crippen molar-refractivity contribution in [3.63, 3.8) is 0 Å². The molecule has 0 aliphatic carbocycles. The van der Waals surface area contributed by atoms with Gasteiger partial charge in [-0.1, -0.05) is 30.3 Å². The molecule has 1 atom stereocenters. The van der Waals surface area contributed by atoms with Crippen molar-refractivity contribution in [2.45, 2.75) is 38.7 Å². The molecule has 0 saturated carbocycles. The number of anilines is 1. The van der Waals surface area contributed by atoms with Crippen molar-refractivity contribution >= 4 is 22.8 Å². The third-order valence-corrected chi connectivity index (χ3v) is 6.55. The van der Waals surface area contributed by atoms with Gasteiger partial charge in [0.05, 0.1) is 11.2 Å². The van der Waals surface area contributed by atoms with Crippen LogP contribution < -0.4 is 5.73 Å². The zero-order valence-electron chi connectivity index (χ0n) is 21.7. The average molecular weight is 547 g/mol. The summed E-state index contributed by atoms with van der Waals surface area (Å²) in [5.74, 6) is -1.87. The minimum absolute atomic E-state index is 0.235. The molecule has 1 aliphatic heterocycles. The Kier molecular flexibility index (Phi) is 8.16. The molecule has 4 aromatic rings. The van der Waals surface area contributed by atoms with Crippen molar-refractivity contribution in [3.8, 4) is 22.8 Å². The number of aryl methyl sites for hydroxylation is 1. The molecule has 0 bridgehead atoms. The summed E-state index contributed by atoms with van der Waals surface area (Å²) < 4.78 is 38.8. The highest BCUT2D eigenvalue weighted by Gasteiger charge is 2.38. The molecule has 5 rings (SSSR count). The second kappa shape index (κ2) is 11.4. The number of fused-ring (bicyclic) bond motifs is 1. The van der Waals surface area contributed by atoms with Crippen molar-refractivity contribution in [2.24, 2.45) is 0 Å². The number of carboxylic acids is 1. The quantitative estimate of drug-likeness (QED) is 0.369. The van der Waals surface area contributed by atoms with Crippen molar-refractivity contribution in [1.82, 2.24) is 34.6 Å². The Balaban J connectivity index is 0.000000448. The van der Waals surface area contributed by atoms with E-state index in [9.17, 15) is 13.2 Å². The summed E-state index contributed by atoms with van der Waals surface area (Å²) in [5.41, 5.74) is 11.4. The number of rotatable bonds is 6. The van der Waals surface area contributed by atoms with Crippen molar-refractivity contribution in [3.05, 3.63) is 42.1 Å². The van der Waals surface area contributed by atoms with E-state index in [1.54, 1.807) is 0 Å². The third kappa shape index (κ3) is 6.01. The number of hydrogen-bond donors (Lipinski definition) is 2. The number of nitrogen functional groups attached to an aromatic ring is 1. The first kappa shape index (κ1) is 28.0. The normalized spacial score (nSPS) is 16.0. The van der Waals surface area contributed by atoms with Gasteiger partial charge in [0, 0.05) is 49.5 Å². The molecule has 1 saturated heterocycles. The van der Waals surface area contributed by atoms with Gasteiger partial charge in [-0.25, -0.2) is 14.4 Å².